The second-order valence-electron chi connectivity index (χ2n) is 6.97. The maximum absolute atomic E-state index is 12.8. The van der Waals surface area contributed by atoms with Gasteiger partial charge in [-0.15, -0.1) is 10.2 Å². The number of benzene rings is 2. The number of hydrogen-bond donors (Lipinski definition) is 0. The minimum Gasteiger partial charge on any atom is -0.293 e. The van der Waals surface area contributed by atoms with Crippen molar-refractivity contribution in [3.05, 3.63) is 70.8 Å². The van der Waals surface area contributed by atoms with E-state index in [1.807, 2.05) is 37.3 Å². The Hall–Kier alpha value is -2.66. The molecule has 0 saturated heterocycles. The number of carbonyl (C=O) groups excluding carboxylic acids is 1. The third-order valence-corrected chi connectivity index (χ3v) is 5.85. The molecule has 0 saturated carbocycles. The van der Waals surface area contributed by atoms with E-state index < -0.39 is 0 Å². The first-order valence-electron chi connectivity index (χ1n) is 8.97. The lowest BCUT2D eigenvalue weighted by Gasteiger charge is -2.13. The topological polar surface area (TPSA) is 47.3 Å². The first-order valence-corrected chi connectivity index (χ1v) is 9.85. The van der Waals surface area contributed by atoms with Crippen LogP contribution in [-0.2, 0) is 0 Å². The molecule has 4 nitrogen and oxygen atoms in total. The SMILES string of the molecule is Cc1cc(C)c2c(c1)c(C)cc1nnc(SC(C)C(=O)c3ccccc3)n12. The number of ketones is 1. The van der Waals surface area contributed by atoms with Crippen LogP contribution in [0.2, 0.25) is 0 Å². The zero-order chi connectivity index (χ0) is 19.1. The third kappa shape index (κ3) is 3.12. The van der Waals surface area contributed by atoms with Crippen molar-refractivity contribution in [2.75, 3.05) is 0 Å². The first-order chi connectivity index (χ1) is 13.0. The van der Waals surface area contributed by atoms with E-state index in [9.17, 15) is 4.79 Å². The molecule has 0 aliphatic rings. The summed E-state index contributed by atoms with van der Waals surface area (Å²) in [5.41, 5.74) is 6.25. The molecule has 0 aliphatic heterocycles. The molecule has 27 heavy (non-hydrogen) atoms. The Morgan fingerprint density at radius 2 is 1.74 bits per heavy atom. The second-order valence-corrected chi connectivity index (χ2v) is 8.28. The van der Waals surface area contributed by atoms with Crippen LogP contribution in [0.1, 0.15) is 34.0 Å². The molecule has 2 aromatic carbocycles. The normalized spacial score (nSPS) is 12.6. The summed E-state index contributed by atoms with van der Waals surface area (Å²) in [5.74, 6) is 0.0985. The minimum atomic E-state index is -0.248. The van der Waals surface area contributed by atoms with Gasteiger partial charge in [0.2, 0.25) is 0 Å². The van der Waals surface area contributed by atoms with Gasteiger partial charge in [-0.3, -0.25) is 9.20 Å². The quantitative estimate of drug-likeness (QED) is 0.365. The highest BCUT2D eigenvalue weighted by atomic mass is 32.2. The van der Waals surface area contributed by atoms with E-state index in [0.29, 0.717) is 0 Å². The summed E-state index contributed by atoms with van der Waals surface area (Å²) in [6.07, 6.45) is 0. The highest BCUT2D eigenvalue weighted by molar-refractivity contribution is 8.00. The molecule has 0 fully saturated rings. The van der Waals surface area contributed by atoms with Gasteiger partial charge in [-0.2, -0.15) is 0 Å². The van der Waals surface area contributed by atoms with E-state index in [2.05, 4.69) is 53.6 Å². The Morgan fingerprint density at radius 1 is 1.00 bits per heavy atom. The number of aromatic nitrogens is 3. The van der Waals surface area contributed by atoms with Crippen molar-refractivity contribution in [2.45, 2.75) is 38.1 Å². The van der Waals surface area contributed by atoms with Crippen molar-refractivity contribution in [3.63, 3.8) is 0 Å². The molecule has 0 amide bonds. The molecule has 2 aromatic heterocycles. The van der Waals surface area contributed by atoms with Crippen LogP contribution < -0.4 is 0 Å². The molecule has 0 aliphatic carbocycles. The highest BCUT2D eigenvalue weighted by Gasteiger charge is 2.21. The van der Waals surface area contributed by atoms with Crippen molar-refractivity contribution < 1.29 is 4.79 Å². The average molecular weight is 375 g/mol. The van der Waals surface area contributed by atoms with E-state index >= 15 is 0 Å². The van der Waals surface area contributed by atoms with Crippen molar-refractivity contribution in [1.29, 1.82) is 0 Å². The lowest BCUT2D eigenvalue weighted by Crippen LogP contribution is -2.14. The summed E-state index contributed by atoms with van der Waals surface area (Å²) in [6, 6.07) is 15.8. The van der Waals surface area contributed by atoms with Gasteiger partial charge in [-0.25, -0.2) is 0 Å². The standard InChI is InChI=1S/C22H21N3OS/c1-13-10-15(3)20-18(11-13)14(2)12-19-23-24-22(25(19)20)27-16(4)21(26)17-8-6-5-7-9-17/h5-12,16H,1-4H3. The Morgan fingerprint density at radius 3 is 2.48 bits per heavy atom. The lowest BCUT2D eigenvalue weighted by atomic mass is 10.0. The molecular formula is C22H21N3OS. The number of hydrogen-bond acceptors (Lipinski definition) is 4. The van der Waals surface area contributed by atoms with Crippen LogP contribution in [0.4, 0.5) is 0 Å². The maximum atomic E-state index is 12.8. The van der Waals surface area contributed by atoms with Gasteiger partial charge < -0.3 is 0 Å². The smallest absolute Gasteiger partial charge is 0.196 e. The van der Waals surface area contributed by atoms with E-state index in [-0.39, 0.29) is 11.0 Å². The maximum Gasteiger partial charge on any atom is 0.196 e. The predicted octanol–water partition coefficient (Wildman–Crippen LogP) is 5.17. The highest BCUT2D eigenvalue weighted by Crippen LogP contribution is 2.31. The number of Topliss-reactive ketones (excluding diaryl/α,β-unsaturated/α-hetero) is 1. The van der Waals surface area contributed by atoms with Crippen LogP contribution in [0.5, 0.6) is 0 Å². The van der Waals surface area contributed by atoms with Gasteiger partial charge >= 0.3 is 0 Å². The third-order valence-electron chi connectivity index (χ3n) is 4.81. The number of nitrogens with zero attached hydrogens (tertiary/aromatic N) is 3. The number of rotatable bonds is 4. The number of pyridine rings is 1. The van der Waals surface area contributed by atoms with Gasteiger partial charge in [0.1, 0.15) is 0 Å². The zero-order valence-electron chi connectivity index (χ0n) is 15.9. The largest absolute Gasteiger partial charge is 0.293 e. The molecule has 2 heterocycles. The summed E-state index contributed by atoms with van der Waals surface area (Å²) >= 11 is 1.46. The monoisotopic (exact) mass is 375 g/mol. The van der Waals surface area contributed by atoms with Gasteiger partial charge in [0.05, 0.1) is 10.8 Å². The number of aryl methyl sites for hydroxylation is 3. The van der Waals surface area contributed by atoms with Crippen LogP contribution in [0.15, 0.2) is 53.7 Å². The molecular weight excluding hydrogens is 354 g/mol. The molecule has 0 radical (unpaired) electrons. The van der Waals surface area contributed by atoms with Crippen molar-refractivity contribution in [1.82, 2.24) is 14.6 Å². The van der Waals surface area contributed by atoms with Gasteiger partial charge in [0, 0.05) is 10.9 Å². The van der Waals surface area contributed by atoms with Gasteiger partial charge in [-0.05, 0) is 51.0 Å². The van der Waals surface area contributed by atoms with E-state index in [1.165, 1.54) is 33.8 Å². The number of thioether (sulfide) groups is 1. The summed E-state index contributed by atoms with van der Waals surface area (Å²) < 4.78 is 2.08. The lowest BCUT2D eigenvalue weighted by molar-refractivity contribution is 0.0994. The fraction of sp³-hybridized carbons (Fsp3) is 0.227. The molecule has 5 heteroatoms. The van der Waals surface area contributed by atoms with Crippen molar-refractivity contribution in [2.24, 2.45) is 0 Å². The molecule has 136 valence electrons. The molecule has 1 unspecified atom stereocenters. The Kier molecular flexibility index (Phi) is 4.48. The van der Waals surface area contributed by atoms with Crippen LogP contribution >= 0.6 is 11.8 Å². The van der Waals surface area contributed by atoms with E-state index in [1.54, 1.807) is 0 Å². The molecule has 0 spiro atoms. The Bertz CT molecular complexity index is 1160. The molecule has 0 N–H and O–H groups in total. The second kappa shape index (κ2) is 6.82. The van der Waals surface area contributed by atoms with Crippen LogP contribution in [0, 0.1) is 20.8 Å². The predicted molar refractivity (Wildman–Crippen MR) is 111 cm³/mol. The van der Waals surface area contributed by atoms with Gasteiger partial charge in [0.15, 0.2) is 16.6 Å². The fourth-order valence-corrected chi connectivity index (χ4v) is 4.48. The van der Waals surface area contributed by atoms with Crippen molar-refractivity contribution in [3.8, 4) is 0 Å². The number of fused-ring (bicyclic) bond motifs is 3. The summed E-state index contributed by atoms with van der Waals surface area (Å²) in [5, 5.41) is 10.4. The summed E-state index contributed by atoms with van der Waals surface area (Å²) in [4.78, 5) is 12.8. The average Bonchev–Trinajstić information content (AvgIpc) is 3.04. The molecule has 1 atom stereocenters. The van der Waals surface area contributed by atoms with Crippen LogP contribution in [0.3, 0.4) is 0 Å². The molecule has 4 rings (SSSR count). The van der Waals surface area contributed by atoms with Gasteiger partial charge in [-0.1, -0.05) is 53.7 Å². The van der Waals surface area contributed by atoms with Gasteiger partial charge in [0.25, 0.3) is 0 Å². The minimum absolute atomic E-state index is 0.0985. The number of carbonyl (C=O) groups is 1. The first kappa shape index (κ1) is 17.7. The van der Waals surface area contributed by atoms with Crippen LogP contribution in [0.25, 0.3) is 16.6 Å². The molecule has 0 bridgehead atoms. The Balaban J connectivity index is 1.81. The summed E-state index contributed by atoms with van der Waals surface area (Å²) in [7, 11) is 0. The molecule has 4 aromatic rings. The fourth-order valence-electron chi connectivity index (χ4n) is 3.54. The Labute approximate surface area is 162 Å². The summed E-state index contributed by atoms with van der Waals surface area (Å²) in [6.45, 7) is 8.25. The zero-order valence-corrected chi connectivity index (χ0v) is 16.7. The van der Waals surface area contributed by atoms with E-state index in [0.717, 1.165) is 21.9 Å². The van der Waals surface area contributed by atoms with Crippen molar-refractivity contribution >= 4 is 34.1 Å². The van der Waals surface area contributed by atoms with Crippen LogP contribution in [-0.4, -0.2) is 25.6 Å². The van der Waals surface area contributed by atoms with E-state index in [4.69, 9.17) is 0 Å².